The highest BCUT2D eigenvalue weighted by molar-refractivity contribution is 5.80. The van der Waals surface area contributed by atoms with Crippen molar-refractivity contribution in [2.75, 3.05) is 45.8 Å². The molecule has 0 bridgehead atoms. The Labute approximate surface area is 190 Å². The molecule has 4 rings (SSSR count). The molecule has 2 aliphatic rings. The first kappa shape index (κ1) is 22.3. The maximum atomic E-state index is 12.7. The topological polar surface area (TPSA) is 77.2 Å². The van der Waals surface area contributed by atoms with E-state index < -0.39 is 0 Å². The van der Waals surface area contributed by atoms with Gasteiger partial charge in [0.2, 0.25) is 5.91 Å². The Hall–Kier alpha value is -2.87. The smallest absolute Gasteiger partial charge is 0.222 e. The quantitative estimate of drug-likeness (QED) is 0.405. The molecule has 1 saturated heterocycles. The second-order valence-corrected chi connectivity index (χ2v) is 8.43. The summed E-state index contributed by atoms with van der Waals surface area (Å²) in [6.45, 7) is 9.75. The molecule has 0 spiro atoms. The van der Waals surface area contributed by atoms with Crippen LogP contribution >= 0.6 is 0 Å². The number of guanidine groups is 1. The molecule has 0 atom stereocenters. The van der Waals surface area contributed by atoms with Gasteiger partial charge >= 0.3 is 0 Å². The number of carbonyl (C=O) groups is 1. The second-order valence-electron chi connectivity index (χ2n) is 8.43. The van der Waals surface area contributed by atoms with Crippen molar-refractivity contribution in [1.29, 1.82) is 0 Å². The fourth-order valence-corrected chi connectivity index (χ4v) is 4.37. The molecule has 1 N–H and O–H groups in total. The number of fused-ring (bicyclic) bond motifs is 1. The van der Waals surface area contributed by atoms with Crippen LogP contribution < -0.4 is 5.32 Å². The van der Waals surface area contributed by atoms with Gasteiger partial charge in [0.05, 0.1) is 5.69 Å². The summed E-state index contributed by atoms with van der Waals surface area (Å²) in [4.78, 5) is 24.2. The molecule has 1 aromatic heterocycles. The normalized spacial score (nSPS) is 17.3. The predicted molar refractivity (Wildman–Crippen MR) is 124 cm³/mol. The van der Waals surface area contributed by atoms with Crippen molar-refractivity contribution in [2.45, 2.75) is 39.3 Å². The van der Waals surface area contributed by atoms with Crippen LogP contribution in [0.2, 0.25) is 0 Å². The average molecular weight is 439 g/mol. The van der Waals surface area contributed by atoms with Gasteiger partial charge in [-0.25, -0.2) is 0 Å². The fourth-order valence-electron chi connectivity index (χ4n) is 4.37. The van der Waals surface area contributed by atoms with E-state index in [0.717, 1.165) is 76.9 Å². The Balaban J connectivity index is 1.21. The third-order valence-electron chi connectivity index (χ3n) is 6.18. The van der Waals surface area contributed by atoms with Crippen molar-refractivity contribution in [2.24, 2.45) is 4.99 Å². The lowest BCUT2D eigenvalue weighted by Gasteiger charge is -2.36. The van der Waals surface area contributed by atoms with E-state index in [2.05, 4.69) is 51.5 Å². The average Bonchev–Trinajstić information content (AvgIpc) is 3.34. The highest BCUT2D eigenvalue weighted by Crippen LogP contribution is 2.19. The maximum absolute atomic E-state index is 12.7. The highest BCUT2D eigenvalue weighted by atomic mass is 16.5. The van der Waals surface area contributed by atoms with Gasteiger partial charge in [-0.05, 0) is 30.9 Å². The largest absolute Gasteiger partial charge is 0.364 e. The van der Waals surface area contributed by atoms with Gasteiger partial charge in [-0.15, -0.1) is 0 Å². The molecule has 8 heteroatoms. The van der Waals surface area contributed by atoms with Crippen molar-refractivity contribution in [3.8, 4) is 0 Å². The minimum atomic E-state index is 0.237. The number of carbonyl (C=O) groups excluding carboxylic acids is 1. The minimum absolute atomic E-state index is 0.237. The van der Waals surface area contributed by atoms with Crippen LogP contribution in [0.1, 0.15) is 36.6 Å². The summed E-state index contributed by atoms with van der Waals surface area (Å²) in [6.07, 6.45) is 3.90. The van der Waals surface area contributed by atoms with Crippen LogP contribution in [0.15, 0.2) is 46.1 Å². The third-order valence-corrected chi connectivity index (χ3v) is 6.18. The zero-order valence-corrected chi connectivity index (χ0v) is 19.0. The molecule has 8 nitrogen and oxygen atoms in total. The van der Waals surface area contributed by atoms with Crippen LogP contribution in [0, 0.1) is 0 Å². The van der Waals surface area contributed by atoms with Crippen molar-refractivity contribution in [3.63, 3.8) is 0 Å². The number of amides is 1. The lowest BCUT2D eigenvalue weighted by Crippen LogP contribution is -2.52. The Morgan fingerprint density at radius 2 is 1.91 bits per heavy atom. The fraction of sp³-hybridized carbons (Fsp3) is 0.542. The van der Waals surface area contributed by atoms with E-state index in [4.69, 9.17) is 9.52 Å². The van der Waals surface area contributed by atoms with Crippen molar-refractivity contribution in [3.05, 3.63) is 53.4 Å². The van der Waals surface area contributed by atoms with E-state index in [9.17, 15) is 4.79 Å². The molecular weight excluding hydrogens is 404 g/mol. The van der Waals surface area contributed by atoms with E-state index in [0.29, 0.717) is 13.0 Å². The van der Waals surface area contributed by atoms with E-state index in [1.165, 1.54) is 11.1 Å². The highest BCUT2D eigenvalue weighted by Gasteiger charge is 2.21. The number of rotatable bonds is 7. The van der Waals surface area contributed by atoms with Crippen LogP contribution in [-0.2, 0) is 24.3 Å². The van der Waals surface area contributed by atoms with Crippen LogP contribution in [0.5, 0.6) is 0 Å². The first-order valence-corrected chi connectivity index (χ1v) is 11.7. The number of hydrogen-bond donors (Lipinski definition) is 1. The first-order chi connectivity index (χ1) is 15.7. The summed E-state index contributed by atoms with van der Waals surface area (Å²) in [5, 5.41) is 7.42. The summed E-state index contributed by atoms with van der Waals surface area (Å²) in [5.74, 6) is 1.19. The molecule has 2 aromatic rings. The van der Waals surface area contributed by atoms with E-state index in [1.807, 2.05) is 11.0 Å². The predicted octanol–water partition coefficient (Wildman–Crippen LogP) is 2.12. The van der Waals surface area contributed by atoms with Gasteiger partial charge in [0.25, 0.3) is 0 Å². The monoisotopic (exact) mass is 438 g/mol. The molecule has 3 heterocycles. The molecule has 1 fully saturated rings. The summed E-state index contributed by atoms with van der Waals surface area (Å²) in [5.41, 5.74) is 3.63. The number of aromatic nitrogens is 1. The molecule has 0 saturated carbocycles. The number of nitrogens with zero attached hydrogens (tertiary/aromatic N) is 5. The van der Waals surface area contributed by atoms with Crippen LogP contribution in [0.4, 0.5) is 0 Å². The molecule has 1 amide bonds. The number of aliphatic imine (C=N–C) groups is 1. The van der Waals surface area contributed by atoms with Crippen molar-refractivity contribution >= 4 is 11.9 Å². The number of benzene rings is 1. The lowest BCUT2D eigenvalue weighted by molar-refractivity contribution is -0.132. The molecule has 0 aliphatic carbocycles. The van der Waals surface area contributed by atoms with Gasteiger partial charge in [-0.3, -0.25) is 14.7 Å². The second kappa shape index (κ2) is 11.1. The maximum Gasteiger partial charge on any atom is 0.222 e. The molecule has 0 radical (unpaired) electrons. The van der Waals surface area contributed by atoms with Crippen LogP contribution in [0.3, 0.4) is 0 Å². The SMILES string of the molecule is CCNC(=NCCCC(=O)N1CCc2ccccc2C1)N1CCN(Cc2ccon2)CC1. The van der Waals surface area contributed by atoms with Gasteiger partial charge in [0, 0.05) is 71.4 Å². The lowest BCUT2D eigenvalue weighted by atomic mass is 9.99. The molecule has 32 heavy (non-hydrogen) atoms. The summed E-state index contributed by atoms with van der Waals surface area (Å²) in [7, 11) is 0. The Bertz CT molecular complexity index is 890. The number of piperazine rings is 1. The number of hydrogen-bond acceptors (Lipinski definition) is 5. The van der Waals surface area contributed by atoms with Gasteiger partial charge in [0.1, 0.15) is 6.26 Å². The summed E-state index contributed by atoms with van der Waals surface area (Å²) < 4.78 is 4.93. The zero-order valence-electron chi connectivity index (χ0n) is 19.0. The Morgan fingerprint density at radius 3 is 2.66 bits per heavy atom. The van der Waals surface area contributed by atoms with Gasteiger partial charge < -0.3 is 19.6 Å². The molecule has 172 valence electrons. The third kappa shape index (κ3) is 5.88. The standard InChI is InChI=1S/C24H34N6O2/c1-2-25-24(29-15-13-28(14-16-29)19-22-10-17-32-27-22)26-11-5-8-23(31)30-12-9-20-6-3-4-7-21(20)18-30/h3-4,6-7,10,17H,2,5,8-9,11-16,18-19H2,1H3,(H,25,26). The van der Waals surface area contributed by atoms with Crippen LogP contribution in [-0.4, -0.2) is 77.5 Å². The summed E-state index contributed by atoms with van der Waals surface area (Å²) >= 11 is 0. The van der Waals surface area contributed by atoms with E-state index in [1.54, 1.807) is 6.26 Å². The van der Waals surface area contributed by atoms with Crippen molar-refractivity contribution in [1.82, 2.24) is 25.2 Å². The number of nitrogens with one attached hydrogen (secondary N) is 1. The van der Waals surface area contributed by atoms with E-state index >= 15 is 0 Å². The molecule has 2 aliphatic heterocycles. The molecular formula is C24H34N6O2. The molecule has 1 aromatic carbocycles. The van der Waals surface area contributed by atoms with Gasteiger partial charge in [-0.2, -0.15) is 0 Å². The van der Waals surface area contributed by atoms with Gasteiger partial charge in [-0.1, -0.05) is 29.4 Å². The minimum Gasteiger partial charge on any atom is -0.364 e. The van der Waals surface area contributed by atoms with Crippen LogP contribution in [0.25, 0.3) is 0 Å². The zero-order chi connectivity index (χ0) is 22.2. The Kier molecular flexibility index (Phi) is 7.77. The summed E-state index contributed by atoms with van der Waals surface area (Å²) in [6, 6.07) is 10.3. The van der Waals surface area contributed by atoms with E-state index in [-0.39, 0.29) is 5.91 Å². The van der Waals surface area contributed by atoms with Gasteiger partial charge in [0.15, 0.2) is 5.96 Å². The van der Waals surface area contributed by atoms with Crippen molar-refractivity contribution < 1.29 is 9.32 Å². The Morgan fingerprint density at radius 1 is 1.09 bits per heavy atom. The molecule has 0 unspecified atom stereocenters. The first-order valence-electron chi connectivity index (χ1n) is 11.7.